The van der Waals surface area contributed by atoms with E-state index in [9.17, 15) is 4.79 Å². The molecule has 0 spiro atoms. The number of carbonyl (C=O) groups excluding carboxylic acids is 1. The fourth-order valence-corrected chi connectivity index (χ4v) is 1.72. The van der Waals surface area contributed by atoms with E-state index in [2.05, 4.69) is 17.2 Å². The van der Waals surface area contributed by atoms with Crippen LogP contribution in [-0.2, 0) is 11.3 Å². The van der Waals surface area contributed by atoms with Gasteiger partial charge in [0.15, 0.2) is 0 Å². The first-order valence-corrected chi connectivity index (χ1v) is 6.64. The van der Waals surface area contributed by atoms with Crippen LogP contribution in [0.15, 0.2) is 60.7 Å². The Morgan fingerprint density at radius 1 is 1.05 bits per heavy atom. The molecule has 2 nitrogen and oxygen atoms in total. The minimum absolute atomic E-state index is 0.0442. The number of rotatable bonds is 3. The Bertz CT molecular complexity index is 608. The van der Waals surface area contributed by atoms with Gasteiger partial charge in [0.25, 0.3) is 0 Å². The third-order valence-electron chi connectivity index (χ3n) is 2.91. The molecular weight excluding hydrogens is 246 g/mol. The maximum atomic E-state index is 11.9. The number of benzene rings is 2. The molecule has 2 aromatic carbocycles. The van der Waals surface area contributed by atoms with Crippen molar-refractivity contribution in [3.05, 3.63) is 71.8 Å². The minimum atomic E-state index is -0.320. The average molecular weight is 263 g/mol. The molecule has 2 rings (SSSR count). The highest BCUT2D eigenvalue weighted by Gasteiger charge is 2.08. The number of nitrogens with one attached hydrogen (secondary N) is 1. The molecular formula is C18H17NO. The lowest BCUT2D eigenvalue weighted by Gasteiger charge is -2.07. The van der Waals surface area contributed by atoms with Crippen LogP contribution in [0.2, 0.25) is 0 Å². The van der Waals surface area contributed by atoms with Crippen LogP contribution >= 0.6 is 0 Å². The van der Waals surface area contributed by atoms with E-state index >= 15 is 0 Å². The van der Waals surface area contributed by atoms with E-state index < -0.39 is 0 Å². The van der Waals surface area contributed by atoms with Crippen LogP contribution in [0.25, 0.3) is 0 Å². The Kier molecular flexibility index (Phi) is 4.97. The summed E-state index contributed by atoms with van der Waals surface area (Å²) in [5.74, 6) is 5.62. The molecule has 1 N–H and O–H groups in total. The van der Waals surface area contributed by atoms with E-state index in [-0.39, 0.29) is 11.8 Å². The van der Waals surface area contributed by atoms with Crippen LogP contribution in [0.4, 0.5) is 0 Å². The van der Waals surface area contributed by atoms with Crippen LogP contribution in [0.1, 0.15) is 18.1 Å². The second kappa shape index (κ2) is 7.16. The summed E-state index contributed by atoms with van der Waals surface area (Å²) >= 11 is 0. The lowest BCUT2D eigenvalue weighted by molar-refractivity contribution is -0.123. The SMILES string of the molecule is CC(C#Cc1ccccc1)C(=O)NCc1ccccc1. The second-order valence-corrected chi connectivity index (χ2v) is 4.56. The maximum Gasteiger partial charge on any atom is 0.235 e. The van der Waals surface area contributed by atoms with Crippen LogP contribution in [-0.4, -0.2) is 5.91 Å². The van der Waals surface area contributed by atoms with E-state index in [1.54, 1.807) is 0 Å². The molecule has 1 atom stereocenters. The van der Waals surface area contributed by atoms with Crippen molar-refractivity contribution in [1.82, 2.24) is 5.32 Å². The van der Waals surface area contributed by atoms with Crippen LogP contribution in [0.3, 0.4) is 0 Å². The van der Waals surface area contributed by atoms with Gasteiger partial charge in [-0.25, -0.2) is 0 Å². The molecule has 2 aromatic rings. The summed E-state index contributed by atoms with van der Waals surface area (Å²) in [5, 5.41) is 2.89. The molecule has 0 saturated carbocycles. The first-order valence-electron chi connectivity index (χ1n) is 6.64. The van der Waals surface area contributed by atoms with Crippen molar-refractivity contribution in [3.63, 3.8) is 0 Å². The van der Waals surface area contributed by atoms with E-state index in [1.807, 2.05) is 67.6 Å². The highest BCUT2D eigenvalue weighted by molar-refractivity contribution is 5.81. The predicted octanol–water partition coefficient (Wildman–Crippen LogP) is 2.99. The Morgan fingerprint density at radius 3 is 2.30 bits per heavy atom. The first-order chi connectivity index (χ1) is 9.75. The standard InChI is InChI=1S/C18H17NO/c1-15(12-13-16-8-4-2-5-9-16)18(20)19-14-17-10-6-3-7-11-17/h2-11,15H,14H2,1H3,(H,19,20). The predicted molar refractivity (Wildman–Crippen MR) is 80.8 cm³/mol. The van der Waals surface area contributed by atoms with Crippen LogP contribution in [0.5, 0.6) is 0 Å². The molecule has 1 unspecified atom stereocenters. The monoisotopic (exact) mass is 263 g/mol. The molecule has 1 amide bonds. The smallest absolute Gasteiger partial charge is 0.235 e. The first kappa shape index (κ1) is 13.9. The van der Waals surface area contributed by atoms with Crippen molar-refractivity contribution in [2.45, 2.75) is 13.5 Å². The number of hydrogen-bond donors (Lipinski definition) is 1. The van der Waals surface area contributed by atoms with Gasteiger partial charge in [0.1, 0.15) is 0 Å². The molecule has 0 radical (unpaired) electrons. The van der Waals surface area contributed by atoms with E-state index in [1.165, 1.54) is 0 Å². The van der Waals surface area contributed by atoms with Crippen molar-refractivity contribution < 1.29 is 4.79 Å². The summed E-state index contributed by atoms with van der Waals surface area (Å²) in [4.78, 5) is 11.9. The second-order valence-electron chi connectivity index (χ2n) is 4.56. The van der Waals surface area contributed by atoms with Gasteiger partial charge in [-0.1, -0.05) is 60.4 Å². The van der Waals surface area contributed by atoms with Crippen molar-refractivity contribution in [1.29, 1.82) is 0 Å². The molecule has 0 saturated heterocycles. The van der Waals surface area contributed by atoms with Gasteiger partial charge in [0, 0.05) is 12.1 Å². The van der Waals surface area contributed by atoms with Crippen LogP contribution < -0.4 is 5.32 Å². The molecule has 0 bridgehead atoms. The van der Waals surface area contributed by atoms with E-state index in [0.29, 0.717) is 6.54 Å². The quantitative estimate of drug-likeness (QED) is 0.847. The van der Waals surface area contributed by atoms with Gasteiger partial charge < -0.3 is 5.32 Å². The lowest BCUT2D eigenvalue weighted by atomic mass is 10.1. The summed E-state index contributed by atoms with van der Waals surface area (Å²) in [6.07, 6.45) is 0. The third kappa shape index (κ3) is 4.29. The van der Waals surface area contributed by atoms with Gasteiger partial charge >= 0.3 is 0 Å². The molecule has 0 heterocycles. The Balaban J connectivity index is 1.88. The summed E-state index contributed by atoms with van der Waals surface area (Å²) in [6, 6.07) is 19.5. The van der Waals surface area contributed by atoms with Gasteiger partial charge in [-0.05, 0) is 24.6 Å². The Labute approximate surface area is 119 Å². The molecule has 0 aliphatic heterocycles. The topological polar surface area (TPSA) is 29.1 Å². The summed E-state index contributed by atoms with van der Waals surface area (Å²) in [7, 11) is 0. The van der Waals surface area contributed by atoms with Crippen molar-refractivity contribution in [2.75, 3.05) is 0 Å². The minimum Gasteiger partial charge on any atom is -0.351 e. The Morgan fingerprint density at radius 2 is 1.65 bits per heavy atom. The number of amides is 1. The largest absolute Gasteiger partial charge is 0.351 e. The third-order valence-corrected chi connectivity index (χ3v) is 2.91. The molecule has 0 aromatic heterocycles. The zero-order valence-electron chi connectivity index (χ0n) is 11.5. The van der Waals surface area contributed by atoms with Gasteiger partial charge in [0.05, 0.1) is 5.92 Å². The fourth-order valence-electron chi connectivity index (χ4n) is 1.72. The average Bonchev–Trinajstić information content (AvgIpc) is 2.52. The maximum absolute atomic E-state index is 11.9. The van der Waals surface area contributed by atoms with Gasteiger partial charge in [0.2, 0.25) is 5.91 Å². The zero-order chi connectivity index (χ0) is 14.2. The zero-order valence-corrected chi connectivity index (χ0v) is 11.5. The van der Waals surface area contributed by atoms with E-state index in [4.69, 9.17) is 0 Å². The summed E-state index contributed by atoms with van der Waals surface area (Å²) < 4.78 is 0. The van der Waals surface area contributed by atoms with Crippen molar-refractivity contribution in [2.24, 2.45) is 5.92 Å². The van der Waals surface area contributed by atoms with Gasteiger partial charge in [-0.3, -0.25) is 4.79 Å². The molecule has 0 aliphatic carbocycles. The molecule has 2 heteroatoms. The lowest BCUT2D eigenvalue weighted by Crippen LogP contribution is -2.27. The molecule has 0 fully saturated rings. The summed E-state index contributed by atoms with van der Waals surface area (Å²) in [5.41, 5.74) is 2.01. The fraction of sp³-hybridized carbons (Fsp3) is 0.167. The van der Waals surface area contributed by atoms with Gasteiger partial charge in [-0.2, -0.15) is 0 Å². The Hall–Kier alpha value is -2.53. The van der Waals surface area contributed by atoms with Crippen molar-refractivity contribution >= 4 is 5.91 Å². The molecule has 0 aliphatic rings. The normalized spacial score (nSPS) is 11.1. The molecule has 100 valence electrons. The number of carbonyl (C=O) groups is 1. The highest BCUT2D eigenvalue weighted by Crippen LogP contribution is 2.00. The van der Waals surface area contributed by atoms with Crippen molar-refractivity contribution in [3.8, 4) is 11.8 Å². The summed E-state index contributed by atoms with van der Waals surface area (Å²) in [6.45, 7) is 2.35. The van der Waals surface area contributed by atoms with E-state index in [0.717, 1.165) is 11.1 Å². The molecule has 20 heavy (non-hydrogen) atoms. The number of hydrogen-bond acceptors (Lipinski definition) is 1. The highest BCUT2D eigenvalue weighted by atomic mass is 16.1. The van der Waals surface area contributed by atoms with Crippen LogP contribution in [0, 0.1) is 17.8 Å². The van der Waals surface area contributed by atoms with Gasteiger partial charge in [-0.15, -0.1) is 0 Å².